The second-order valence-electron chi connectivity index (χ2n) is 6.97. The Hall–Kier alpha value is -1.59. The average molecular weight is 364 g/mol. The largest absolute Gasteiger partial charge is 0.342 e. The van der Waals surface area contributed by atoms with Crippen LogP contribution in [0.25, 0.3) is 0 Å². The van der Waals surface area contributed by atoms with E-state index in [9.17, 15) is 9.59 Å². The standard InChI is InChI=1S/C19H26ClN3O2/c1-21-10-6-14-7-11-22(12-8-14)18(24)17-9-13-23(19(17)25)16-4-2-15(20)3-5-16/h2-5,14,17,21H,6-13H2,1H3. The summed E-state index contributed by atoms with van der Waals surface area (Å²) in [6, 6.07) is 7.21. The van der Waals surface area contributed by atoms with Crippen LogP contribution in [-0.4, -0.2) is 49.9 Å². The first-order valence-electron chi connectivity index (χ1n) is 9.10. The number of rotatable bonds is 5. The molecule has 1 unspecified atom stereocenters. The molecule has 0 saturated carbocycles. The number of nitrogens with one attached hydrogen (secondary N) is 1. The number of benzene rings is 1. The molecule has 0 bridgehead atoms. The Bertz CT molecular complexity index is 612. The molecule has 0 spiro atoms. The third-order valence-electron chi connectivity index (χ3n) is 5.37. The Morgan fingerprint density at radius 1 is 1.16 bits per heavy atom. The number of carbonyl (C=O) groups excluding carboxylic acids is 2. The van der Waals surface area contributed by atoms with Crippen LogP contribution < -0.4 is 10.2 Å². The number of hydrogen-bond acceptors (Lipinski definition) is 3. The van der Waals surface area contributed by atoms with Gasteiger partial charge in [-0.3, -0.25) is 9.59 Å². The highest BCUT2D eigenvalue weighted by Crippen LogP contribution is 2.29. The van der Waals surface area contributed by atoms with E-state index < -0.39 is 5.92 Å². The van der Waals surface area contributed by atoms with Gasteiger partial charge in [-0.2, -0.15) is 0 Å². The van der Waals surface area contributed by atoms with Crippen molar-refractivity contribution in [2.24, 2.45) is 11.8 Å². The smallest absolute Gasteiger partial charge is 0.239 e. The van der Waals surface area contributed by atoms with Gasteiger partial charge in [-0.05, 0) is 69.5 Å². The molecule has 2 amide bonds. The molecule has 25 heavy (non-hydrogen) atoms. The third kappa shape index (κ3) is 4.15. The van der Waals surface area contributed by atoms with E-state index in [4.69, 9.17) is 11.6 Å². The normalized spacial score (nSPS) is 21.8. The molecule has 3 rings (SSSR count). The maximum atomic E-state index is 12.8. The highest BCUT2D eigenvalue weighted by Gasteiger charge is 2.40. The van der Waals surface area contributed by atoms with Crippen LogP contribution in [0.3, 0.4) is 0 Å². The maximum absolute atomic E-state index is 12.8. The van der Waals surface area contributed by atoms with Gasteiger partial charge in [-0.25, -0.2) is 0 Å². The molecule has 2 aliphatic rings. The molecule has 1 aromatic rings. The minimum atomic E-state index is -0.524. The van der Waals surface area contributed by atoms with Crippen LogP contribution in [0.1, 0.15) is 25.7 Å². The van der Waals surface area contributed by atoms with Gasteiger partial charge in [0.25, 0.3) is 0 Å². The van der Waals surface area contributed by atoms with Crippen LogP contribution in [0.15, 0.2) is 24.3 Å². The fourth-order valence-corrected chi connectivity index (χ4v) is 3.92. The lowest BCUT2D eigenvalue weighted by Crippen LogP contribution is -2.44. The molecular formula is C19H26ClN3O2. The van der Waals surface area contributed by atoms with Crippen LogP contribution >= 0.6 is 11.6 Å². The van der Waals surface area contributed by atoms with E-state index in [2.05, 4.69) is 5.32 Å². The Morgan fingerprint density at radius 3 is 2.48 bits per heavy atom. The fourth-order valence-electron chi connectivity index (χ4n) is 3.80. The number of amides is 2. The molecule has 0 radical (unpaired) electrons. The van der Waals surface area contributed by atoms with E-state index in [1.807, 2.05) is 24.1 Å². The number of piperidine rings is 1. The van der Waals surface area contributed by atoms with Crippen LogP contribution in [0.2, 0.25) is 5.02 Å². The van der Waals surface area contributed by atoms with Crippen LogP contribution in [-0.2, 0) is 9.59 Å². The molecule has 136 valence electrons. The Morgan fingerprint density at radius 2 is 1.84 bits per heavy atom. The Kier molecular flexibility index (Phi) is 5.97. The number of halogens is 1. The third-order valence-corrected chi connectivity index (χ3v) is 5.62. The first kappa shape index (κ1) is 18.2. The second kappa shape index (κ2) is 8.19. The van der Waals surface area contributed by atoms with Crippen LogP contribution in [0.4, 0.5) is 5.69 Å². The molecular weight excluding hydrogens is 338 g/mol. The second-order valence-corrected chi connectivity index (χ2v) is 7.40. The number of hydrogen-bond donors (Lipinski definition) is 1. The first-order chi connectivity index (χ1) is 12.1. The van der Waals surface area contributed by atoms with E-state index in [0.717, 1.165) is 44.6 Å². The Balaban J connectivity index is 1.57. The van der Waals surface area contributed by atoms with Crippen molar-refractivity contribution in [1.82, 2.24) is 10.2 Å². The summed E-state index contributed by atoms with van der Waals surface area (Å²) < 4.78 is 0. The molecule has 2 fully saturated rings. The number of nitrogens with zero attached hydrogens (tertiary/aromatic N) is 2. The minimum absolute atomic E-state index is 0.00790. The van der Waals surface area contributed by atoms with Crippen LogP contribution in [0.5, 0.6) is 0 Å². The summed E-state index contributed by atoms with van der Waals surface area (Å²) in [5.74, 6) is 0.0871. The van der Waals surface area contributed by atoms with Crippen LogP contribution in [0, 0.1) is 11.8 Å². The van der Waals surface area contributed by atoms with Gasteiger partial charge in [0.15, 0.2) is 0 Å². The highest BCUT2D eigenvalue weighted by atomic mass is 35.5. The molecule has 2 saturated heterocycles. The van der Waals surface area contributed by atoms with Crippen molar-refractivity contribution in [2.75, 3.05) is 38.1 Å². The van der Waals surface area contributed by atoms with Gasteiger partial charge in [0.1, 0.15) is 5.92 Å². The molecule has 2 aliphatic heterocycles. The van der Waals surface area contributed by atoms with Crippen molar-refractivity contribution < 1.29 is 9.59 Å². The summed E-state index contributed by atoms with van der Waals surface area (Å²) in [4.78, 5) is 29.1. The zero-order valence-corrected chi connectivity index (χ0v) is 15.5. The van der Waals surface area contributed by atoms with Crippen molar-refractivity contribution in [2.45, 2.75) is 25.7 Å². The first-order valence-corrected chi connectivity index (χ1v) is 9.48. The quantitative estimate of drug-likeness (QED) is 0.818. The molecule has 2 heterocycles. The average Bonchev–Trinajstić information content (AvgIpc) is 3.02. The molecule has 6 heteroatoms. The van der Waals surface area contributed by atoms with E-state index in [1.54, 1.807) is 17.0 Å². The fraction of sp³-hybridized carbons (Fsp3) is 0.579. The van der Waals surface area contributed by atoms with Gasteiger partial charge in [0, 0.05) is 30.3 Å². The summed E-state index contributed by atoms with van der Waals surface area (Å²) in [7, 11) is 1.97. The van der Waals surface area contributed by atoms with Gasteiger partial charge in [0.05, 0.1) is 0 Å². The lowest BCUT2D eigenvalue weighted by atomic mass is 9.92. The lowest BCUT2D eigenvalue weighted by molar-refractivity contribution is -0.141. The number of carbonyl (C=O) groups is 2. The summed E-state index contributed by atoms with van der Waals surface area (Å²) in [6.07, 6.45) is 3.83. The molecule has 1 N–H and O–H groups in total. The monoisotopic (exact) mass is 363 g/mol. The molecule has 1 atom stereocenters. The van der Waals surface area contributed by atoms with Crippen molar-refractivity contribution in [3.05, 3.63) is 29.3 Å². The van der Waals surface area contributed by atoms with E-state index in [0.29, 0.717) is 23.9 Å². The molecule has 0 aromatic heterocycles. The summed E-state index contributed by atoms with van der Waals surface area (Å²) in [6.45, 7) is 3.17. The van der Waals surface area contributed by atoms with Gasteiger partial charge < -0.3 is 15.1 Å². The van der Waals surface area contributed by atoms with Crippen molar-refractivity contribution >= 4 is 29.1 Å². The molecule has 0 aliphatic carbocycles. The predicted molar refractivity (Wildman–Crippen MR) is 99.8 cm³/mol. The highest BCUT2D eigenvalue weighted by molar-refractivity contribution is 6.30. The SMILES string of the molecule is CNCCC1CCN(C(=O)C2CCN(c3ccc(Cl)cc3)C2=O)CC1. The topological polar surface area (TPSA) is 52.7 Å². The van der Waals surface area contributed by atoms with E-state index >= 15 is 0 Å². The number of likely N-dealkylation sites (tertiary alicyclic amines) is 1. The summed E-state index contributed by atoms with van der Waals surface area (Å²) in [5, 5.41) is 3.83. The maximum Gasteiger partial charge on any atom is 0.239 e. The minimum Gasteiger partial charge on any atom is -0.342 e. The number of anilines is 1. The van der Waals surface area contributed by atoms with Gasteiger partial charge in [-0.15, -0.1) is 0 Å². The Labute approximate surface area is 154 Å². The predicted octanol–water partition coefficient (Wildman–Crippen LogP) is 2.54. The van der Waals surface area contributed by atoms with Gasteiger partial charge in [0.2, 0.25) is 11.8 Å². The summed E-state index contributed by atoms with van der Waals surface area (Å²) >= 11 is 5.91. The zero-order chi connectivity index (χ0) is 17.8. The van der Waals surface area contributed by atoms with Crippen molar-refractivity contribution in [3.63, 3.8) is 0 Å². The lowest BCUT2D eigenvalue weighted by Gasteiger charge is -2.33. The van der Waals surface area contributed by atoms with Gasteiger partial charge >= 0.3 is 0 Å². The van der Waals surface area contributed by atoms with Gasteiger partial charge in [-0.1, -0.05) is 11.6 Å². The summed E-state index contributed by atoms with van der Waals surface area (Å²) in [5.41, 5.74) is 0.815. The zero-order valence-electron chi connectivity index (χ0n) is 14.7. The van der Waals surface area contributed by atoms with Crippen molar-refractivity contribution in [3.8, 4) is 0 Å². The van der Waals surface area contributed by atoms with Crippen molar-refractivity contribution in [1.29, 1.82) is 0 Å². The molecule has 5 nitrogen and oxygen atoms in total. The molecule has 1 aromatic carbocycles. The van der Waals surface area contributed by atoms with E-state index in [-0.39, 0.29) is 11.8 Å². The van der Waals surface area contributed by atoms with E-state index in [1.165, 1.54) is 0 Å².